The number of amides is 1. The Labute approximate surface area is 101 Å². The molecule has 1 heterocycles. The SMILES string of the molecule is CCC(C)(CO)NC(=O)c1n[nH]c(C(C)C)n1. The van der Waals surface area contributed by atoms with Crippen LogP contribution in [0.4, 0.5) is 0 Å². The first-order valence-electron chi connectivity index (χ1n) is 5.77. The highest BCUT2D eigenvalue weighted by molar-refractivity contribution is 5.90. The van der Waals surface area contributed by atoms with Gasteiger partial charge in [0, 0.05) is 5.92 Å². The lowest BCUT2D eigenvalue weighted by atomic mass is 10.0. The van der Waals surface area contributed by atoms with Crippen molar-refractivity contribution < 1.29 is 9.90 Å². The molecule has 0 saturated heterocycles. The summed E-state index contributed by atoms with van der Waals surface area (Å²) in [5.41, 5.74) is -0.629. The normalized spacial score (nSPS) is 14.7. The minimum absolute atomic E-state index is 0.113. The van der Waals surface area contributed by atoms with Crippen LogP contribution >= 0.6 is 0 Å². The molecule has 1 aromatic rings. The lowest BCUT2D eigenvalue weighted by Crippen LogP contribution is -2.48. The quantitative estimate of drug-likeness (QED) is 0.710. The molecule has 0 aromatic carbocycles. The molecule has 0 fully saturated rings. The Hall–Kier alpha value is -1.43. The molecule has 0 aliphatic rings. The van der Waals surface area contributed by atoms with Crippen LogP contribution in [0.15, 0.2) is 0 Å². The second-order valence-corrected chi connectivity index (χ2v) is 4.73. The van der Waals surface area contributed by atoms with Gasteiger partial charge in [-0.2, -0.15) is 0 Å². The van der Waals surface area contributed by atoms with Gasteiger partial charge < -0.3 is 10.4 Å². The molecule has 0 bridgehead atoms. The number of carbonyl (C=O) groups excluding carboxylic acids is 1. The van der Waals surface area contributed by atoms with E-state index < -0.39 is 5.54 Å². The number of aliphatic hydroxyl groups excluding tert-OH is 1. The summed E-state index contributed by atoms with van der Waals surface area (Å²) < 4.78 is 0. The van der Waals surface area contributed by atoms with Crippen LogP contribution in [0, 0.1) is 0 Å². The fourth-order valence-corrected chi connectivity index (χ4v) is 1.20. The number of aliphatic hydroxyl groups is 1. The summed E-state index contributed by atoms with van der Waals surface area (Å²) in [5, 5.41) is 18.5. The average molecular weight is 240 g/mol. The van der Waals surface area contributed by atoms with Gasteiger partial charge in [0.25, 0.3) is 5.91 Å². The van der Waals surface area contributed by atoms with Crippen molar-refractivity contribution >= 4 is 5.91 Å². The van der Waals surface area contributed by atoms with Crippen molar-refractivity contribution in [2.24, 2.45) is 0 Å². The van der Waals surface area contributed by atoms with Crippen LogP contribution in [-0.4, -0.2) is 38.3 Å². The number of carbonyl (C=O) groups is 1. The third kappa shape index (κ3) is 3.26. The number of H-pyrrole nitrogens is 1. The zero-order valence-corrected chi connectivity index (χ0v) is 10.7. The van der Waals surface area contributed by atoms with Gasteiger partial charge in [-0.25, -0.2) is 4.98 Å². The van der Waals surface area contributed by atoms with E-state index >= 15 is 0 Å². The van der Waals surface area contributed by atoms with Crippen LogP contribution in [0.25, 0.3) is 0 Å². The first-order chi connectivity index (χ1) is 7.91. The van der Waals surface area contributed by atoms with Gasteiger partial charge >= 0.3 is 0 Å². The van der Waals surface area contributed by atoms with E-state index in [1.165, 1.54) is 0 Å². The van der Waals surface area contributed by atoms with Crippen LogP contribution in [-0.2, 0) is 0 Å². The van der Waals surface area contributed by atoms with Gasteiger partial charge in [0.2, 0.25) is 5.82 Å². The minimum Gasteiger partial charge on any atom is -0.394 e. The molecule has 1 aromatic heterocycles. The van der Waals surface area contributed by atoms with E-state index in [1.54, 1.807) is 6.92 Å². The Morgan fingerprint density at radius 3 is 2.65 bits per heavy atom. The highest BCUT2D eigenvalue weighted by atomic mass is 16.3. The summed E-state index contributed by atoms with van der Waals surface area (Å²) in [5.74, 6) is 0.616. The van der Waals surface area contributed by atoms with Gasteiger partial charge in [0.15, 0.2) is 0 Å². The topological polar surface area (TPSA) is 90.9 Å². The van der Waals surface area contributed by atoms with Crippen LogP contribution in [0.1, 0.15) is 56.5 Å². The minimum atomic E-state index is -0.629. The van der Waals surface area contributed by atoms with E-state index in [9.17, 15) is 9.90 Å². The molecule has 1 amide bonds. The molecule has 1 atom stereocenters. The van der Waals surface area contributed by atoms with Crippen LogP contribution in [0.3, 0.4) is 0 Å². The summed E-state index contributed by atoms with van der Waals surface area (Å²) in [6.45, 7) is 7.49. The van der Waals surface area contributed by atoms with Crippen molar-refractivity contribution in [2.45, 2.75) is 45.6 Å². The highest BCUT2D eigenvalue weighted by Crippen LogP contribution is 2.10. The van der Waals surface area contributed by atoms with Crippen LogP contribution in [0.5, 0.6) is 0 Å². The zero-order chi connectivity index (χ0) is 13.1. The molecule has 96 valence electrons. The molecule has 0 spiro atoms. The van der Waals surface area contributed by atoms with Gasteiger partial charge in [0.05, 0.1) is 12.1 Å². The molecule has 1 unspecified atom stereocenters. The van der Waals surface area contributed by atoms with E-state index in [4.69, 9.17) is 0 Å². The maximum Gasteiger partial charge on any atom is 0.291 e. The van der Waals surface area contributed by atoms with Crippen molar-refractivity contribution in [3.05, 3.63) is 11.6 Å². The number of hydrogen-bond acceptors (Lipinski definition) is 4. The Morgan fingerprint density at radius 2 is 2.24 bits per heavy atom. The lowest BCUT2D eigenvalue weighted by Gasteiger charge is -2.26. The molecule has 0 saturated carbocycles. The average Bonchev–Trinajstić information content (AvgIpc) is 2.78. The lowest BCUT2D eigenvalue weighted by molar-refractivity contribution is 0.0837. The Balaban J connectivity index is 2.76. The largest absolute Gasteiger partial charge is 0.394 e. The number of aromatic amines is 1. The Bertz CT molecular complexity index is 383. The molecule has 6 heteroatoms. The molecular weight excluding hydrogens is 220 g/mol. The Kier molecular flexibility index (Phi) is 4.22. The van der Waals surface area contributed by atoms with E-state index in [-0.39, 0.29) is 24.3 Å². The third-order valence-corrected chi connectivity index (χ3v) is 2.80. The van der Waals surface area contributed by atoms with Gasteiger partial charge in [-0.05, 0) is 13.3 Å². The van der Waals surface area contributed by atoms with Crippen molar-refractivity contribution in [1.82, 2.24) is 20.5 Å². The van der Waals surface area contributed by atoms with Gasteiger partial charge in [-0.15, -0.1) is 5.10 Å². The second-order valence-electron chi connectivity index (χ2n) is 4.73. The van der Waals surface area contributed by atoms with Gasteiger partial charge in [0.1, 0.15) is 5.82 Å². The van der Waals surface area contributed by atoms with E-state index in [2.05, 4.69) is 20.5 Å². The Morgan fingerprint density at radius 1 is 1.59 bits per heavy atom. The maximum atomic E-state index is 11.8. The molecule has 0 radical (unpaired) electrons. The summed E-state index contributed by atoms with van der Waals surface area (Å²) in [7, 11) is 0. The first-order valence-corrected chi connectivity index (χ1v) is 5.77. The van der Waals surface area contributed by atoms with Crippen molar-refractivity contribution in [1.29, 1.82) is 0 Å². The molecule has 0 aliphatic heterocycles. The van der Waals surface area contributed by atoms with E-state index in [1.807, 2.05) is 20.8 Å². The number of hydrogen-bond donors (Lipinski definition) is 3. The monoisotopic (exact) mass is 240 g/mol. The predicted molar refractivity (Wildman–Crippen MR) is 63.7 cm³/mol. The fourth-order valence-electron chi connectivity index (χ4n) is 1.20. The predicted octanol–water partition coefficient (Wildman–Crippen LogP) is 0.819. The van der Waals surface area contributed by atoms with Crippen molar-refractivity contribution in [2.75, 3.05) is 6.61 Å². The van der Waals surface area contributed by atoms with E-state index in [0.717, 1.165) is 0 Å². The zero-order valence-electron chi connectivity index (χ0n) is 10.7. The smallest absolute Gasteiger partial charge is 0.291 e. The summed E-state index contributed by atoms with van der Waals surface area (Å²) in [6.07, 6.45) is 0.636. The summed E-state index contributed by atoms with van der Waals surface area (Å²) in [6, 6.07) is 0. The first kappa shape index (κ1) is 13.6. The number of aromatic nitrogens is 3. The van der Waals surface area contributed by atoms with Gasteiger partial charge in [-0.3, -0.25) is 9.89 Å². The van der Waals surface area contributed by atoms with Gasteiger partial charge in [-0.1, -0.05) is 20.8 Å². The number of nitrogens with one attached hydrogen (secondary N) is 2. The standard InChI is InChI=1S/C11H20N4O2/c1-5-11(4,6-16)13-10(17)9-12-8(7(2)3)14-15-9/h7,16H,5-6H2,1-4H3,(H,13,17)(H,12,14,15). The molecule has 0 aliphatic carbocycles. The van der Waals surface area contributed by atoms with Crippen LogP contribution in [0.2, 0.25) is 0 Å². The second kappa shape index (κ2) is 5.27. The highest BCUT2D eigenvalue weighted by Gasteiger charge is 2.25. The van der Waals surface area contributed by atoms with E-state index in [0.29, 0.717) is 12.2 Å². The number of nitrogens with zero attached hydrogens (tertiary/aromatic N) is 2. The molecule has 1 rings (SSSR count). The van der Waals surface area contributed by atoms with Crippen molar-refractivity contribution in [3.8, 4) is 0 Å². The molecular formula is C11H20N4O2. The third-order valence-electron chi connectivity index (χ3n) is 2.80. The van der Waals surface area contributed by atoms with Crippen molar-refractivity contribution in [3.63, 3.8) is 0 Å². The molecule has 17 heavy (non-hydrogen) atoms. The van der Waals surface area contributed by atoms with Crippen LogP contribution < -0.4 is 5.32 Å². The summed E-state index contributed by atoms with van der Waals surface area (Å²) in [4.78, 5) is 15.9. The fraction of sp³-hybridized carbons (Fsp3) is 0.727. The molecule has 3 N–H and O–H groups in total. The maximum absolute atomic E-state index is 11.8. The summed E-state index contributed by atoms with van der Waals surface area (Å²) >= 11 is 0. The number of rotatable bonds is 5. The molecule has 6 nitrogen and oxygen atoms in total.